The maximum atomic E-state index is 14.2. The minimum absolute atomic E-state index is 0.108. The molecule has 0 radical (unpaired) electrons. The number of benzene rings is 2. The normalized spacial score (nSPS) is 17.0. The molecule has 1 aromatic heterocycles. The second-order valence-corrected chi connectivity index (χ2v) is 10.5. The lowest BCUT2D eigenvalue weighted by atomic mass is 9.89. The van der Waals surface area contributed by atoms with Gasteiger partial charge in [0.05, 0.1) is 5.56 Å². The van der Waals surface area contributed by atoms with Gasteiger partial charge in [0.25, 0.3) is 5.91 Å². The highest BCUT2D eigenvalue weighted by molar-refractivity contribution is 7.16. The molecule has 0 bridgehead atoms. The van der Waals surface area contributed by atoms with Crippen LogP contribution in [0.1, 0.15) is 57.6 Å². The standard InChI is InChI=1S/C28H31FN2OS/c29-25-12-6-4-11-23(25)27(32)30-28-24(22-10-5-7-13-26(22)33-28)19-31-16-14-21(15-17-31)18-20-8-2-1-3-9-20/h1-4,6,8-9,11-12,21H,5,7,10,13-19H2,(H,30,32). The highest BCUT2D eigenvalue weighted by Gasteiger charge is 2.26. The van der Waals surface area contributed by atoms with E-state index < -0.39 is 5.82 Å². The summed E-state index contributed by atoms with van der Waals surface area (Å²) in [6.45, 7) is 3.04. The molecule has 5 rings (SSSR count). The number of piperidine rings is 1. The average Bonchev–Trinajstić information content (AvgIpc) is 3.18. The van der Waals surface area contributed by atoms with Crippen molar-refractivity contribution in [2.24, 2.45) is 5.92 Å². The summed E-state index contributed by atoms with van der Waals surface area (Å²) in [5.74, 6) is -0.0897. The molecule has 2 aromatic carbocycles. The van der Waals surface area contributed by atoms with E-state index in [1.165, 1.54) is 53.3 Å². The zero-order chi connectivity index (χ0) is 22.6. The number of nitrogens with one attached hydrogen (secondary N) is 1. The van der Waals surface area contributed by atoms with Crippen LogP contribution in [0.3, 0.4) is 0 Å². The van der Waals surface area contributed by atoms with Gasteiger partial charge in [-0.15, -0.1) is 11.3 Å². The highest BCUT2D eigenvalue weighted by atomic mass is 32.1. The predicted molar refractivity (Wildman–Crippen MR) is 133 cm³/mol. The van der Waals surface area contributed by atoms with Crippen LogP contribution in [-0.2, 0) is 25.8 Å². The zero-order valence-corrected chi connectivity index (χ0v) is 19.8. The maximum Gasteiger partial charge on any atom is 0.259 e. The number of halogens is 1. The van der Waals surface area contributed by atoms with Crippen molar-refractivity contribution in [3.05, 3.63) is 87.5 Å². The van der Waals surface area contributed by atoms with Gasteiger partial charge >= 0.3 is 0 Å². The molecule has 3 nitrogen and oxygen atoms in total. The molecule has 1 aliphatic carbocycles. The Labute approximate surface area is 199 Å². The number of carbonyl (C=O) groups excluding carboxylic acids is 1. The Morgan fingerprint density at radius 3 is 2.52 bits per heavy atom. The fourth-order valence-corrected chi connectivity index (χ4v) is 6.53. The van der Waals surface area contributed by atoms with Crippen LogP contribution in [0.5, 0.6) is 0 Å². The predicted octanol–water partition coefficient (Wildman–Crippen LogP) is 6.47. The van der Waals surface area contributed by atoms with Crippen molar-refractivity contribution in [1.29, 1.82) is 0 Å². The van der Waals surface area contributed by atoms with E-state index in [0.717, 1.165) is 49.8 Å². The van der Waals surface area contributed by atoms with Crippen molar-refractivity contribution in [2.75, 3.05) is 18.4 Å². The van der Waals surface area contributed by atoms with Gasteiger partial charge in [0.15, 0.2) is 0 Å². The number of hydrogen-bond acceptors (Lipinski definition) is 3. The number of nitrogens with zero attached hydrogens (tertiary/aromatic N) is 1. The van der Waals surface area contributed by atoms with E-state index in [0.29, 0.717) is 0 Å². The van der Waals surface area contributed by atoms with E-state index in [-0.39, 0.29) is 11.5 Å². The Hall–Kier alpha value is -2.50. The van der Waals surface area contributed by atoms with E-state index in [1.807, 2.05) is 0 Å². The molecule has 3 aromatic rings. The molecule has 0 unspecified atom stereocenters. The number of anilines is 1. The molecule has 0 spiro atoms. The molecule has 1 amide bonds. The first-order valence-electron chi connectivity index (χ1n) is 12.1. The Kier molecular flexibility index (Phi) is 6.88. The smallest absolute Gasteiger partial charge is 0.259 e. The summed E-state index contributed by atoms with van der Waals surface area (Å²) in [4.78, 5) is 16.8. The third-order valence-corrected chi connectivity index (χ3v) is 8.33. The number of fused-ring (bicyclic) bond motifs is 1. The highest BCUT2D eigenvalue weighted by Crippen LogP contribution is 2.39. The SMILES string of the molecule is O=C(Nc1sc2c(c1CN1CCC(Cc3ccccc3)CC1)CCCC2)c1ccccc1F. The van der Waals surface area contributed by atoms with Crippen LogP contribution in [0.25, 0.3) is 0 Å². The number of aryl methyl sites for hydroxylation is 1. The van der Waals surface area contributed by atoms with Crippen LogP contribution >= 0.6 is 11.3 Å². The third kappa shape index (κ3) is 5.20. The molecular weight excluding hydrogens is 431 g/mol. The summed E-state index contributed by atoms with van der Waals surface area (Å²) >= 11 is 1.70. The van der Waals surface area contributed by atoms with Gasteiger partial charge in [-0.3, -0.25) is 9.69 Å². The van der Waals surface area contributed by atoms with Crippen LogP contribution in [0, 0.1) is 11.7 Å². The van der Waals surface area contributed by atoms with Crippen molar-refractivity contribution in [3.63, 3.8) is 0 Å². The fourth-order valence-electron chi connectivity index (χ4n) is 5.24. The first-order valence-corrected chi connectivity index (χ1v) is 12.9. The lowest BCUT2D eigenvalue weighted by Crippen LogP contribution is -2.34. The number of hydrogen-bond donors (Lipinski definition) is 1. The Morgan fingerprint density at radius 2 is 1.73 bits per heavy atom. The van der Waals surface area contributed by atoms with Crippen LogP contribution in [0.4, 0.5) is 9.39 Å². The first-order chi connectivity index (χ1) is 16.2. The maximum absolute atomic E-state index is 14.2. The molecule has 172 valence electrons. The second-order valence-electron chi connectivity index (χ2n) is 9.36. The average molecular weight is 463 g/mol. The molecule has 2 heterocycles. The Bertz CT molecular complexity index is 1100. The van der Waals surface area contributed by atoms with E-state index >= 15 is 0 Å². The fraction of sp³-hybridized carbons (Fsp3) is 0.393. The minimum Gasteiger partial charge on any atom is -0.313 e. The second kappa shape index (κ2) is 10.2. The molecule has 2 aliphatic rings. The van der Waals surface area contributed by atoms with Crippen LogP contribution in [0.15, 0.2) is 54.6 Å². The lowest BCUT2D eigenvalue weighted by molar-refractivity contribution is 0.102. The van der Waals surface area contributed by atoms with Gasteiger partial charge in [0.2, 0.25) is 0 Å². The molecule has 1 fully saturated rings. The quantitative estimate of drug-likeness (QED) is 0.455. The van der Waals surface area contributed by atoms with E-state index in [1.54, 1.807) is 29.5 Å². The summed E-state index contributed by atoms with van der Waals surface area (Å²) in [6.07, 6.45) is 8.15. The largest absolute Gasteiger partial charge is 0.313 e. The van der Waals surface area contributed by atoms with Crippen molar-refractivity contribution < 1.29 is 9.18 Å². The monoisotopic (exact) mass is 462 g/mol. The van der Waals surface area contributed by atoms with Crippen LogP contribution in [-0.4, -0.2) is 23.9 Å². The molecule has 0 atom stereocenters. The summed E-state index contributed by atoms with van der Waals surface area (Å²) in [6, 6.07) is 17.0. The van der Waals surface area contributed by atoms with Crippen molar-refractivity contribution >= 4 is 22.2 Å². The number of amides is 1. The molecular formula is C28H31FN2OS. The van der Waals surface area contributed by atoms with E-state index in [4.69, 9.17) is 0 Å². The van der Waals surface area contributed by atoms with E-state index in [2.05, 4.69) is 40.5 Å². The molecule has 5 heteroatoms. The van der Waals surface area contributed by atoms with Gasteiger partial charge in [0, 0.05) is 17.0 Å². The zero-order valence-electron chi connectivity index (χ0n) is 19.0. The number of likely N-dealkylation sites (tertiary alicyclic amines) is 1. The van der Waals surface area contributed by atoms with Gasteiger partial charge in [-0.2, -0.15) is 0 Å². The van der Waals surface area contributed by atoms with Gasteiger partial charge in [0.1, 0.15) is 10.8 Å². The van der Waals surface area contributed by atoms with Gasteiger partial charge in [-0.1, -0.05) is 42.5 Å². The van der Waals surface area contributed by atoms with Crippen LogP contribution in [0.2, 0.25) is 0 Å². The molecule has 1 N–H and O–H groups in total. The topological polar surface area (TPSA) is 32.3 Å². The van der Waals surface area contributed by atoms with E-state index in [9.17, 15) is 9.18 Å². The molecule has 0 saturated carbocycles. The van der Waals surface area contributed by atoms with Gasteiger partial charge < -0.3 is 5.32 Å². The van der Waals surface area contributed by atoms with Crippen LogP contribution < -0.4 is 5.32 Å². The Morgan fingerprint density at radius 1 is 1.00 bits per heavy atom. The number of thiophene rings is 1. The van der Waals surface area contributed by atoms with Gasteiger partial charge in [-0.25, -0.2) is 4.39 Å². The van der Waals surface area contributed by atoms with Crippen molar-refractivity contribution in [3.8, 4) is 0 Å². The van der Waals surface area contributed by atoms with Crippen molar-refractivity contribution in [2.45, 2.75) is 51.5 Å². The van der Waals surface area contributed by atoms with Gasteiger partial charge in [-0.05, 0) is 87.2 Å². The van der Waals surface area contributed by atoms with Crippen molar-refractivity contribution in [1.82, 2.24) is 4.90 Å². The summed E-state index contributed by atoms with van der Waals surface area (Å²) in [5.41, 5.74) is 4.24. The number of carbonyl (C=O) groups is 1. The summed E-state index contributed by atoms with van der Waals surface area (Å²) < 4.78 is 14.2. The molecule has 1 saturated heterocycles. The molecule has 1 aliphatic heterocycles. The molecule has 33 heavy (non-hydrogen) atoms. The lowest BCUT2D eigenvalue weighted by Gasteiger charge is -2.32. The Balaban J connectivity index is 1.28. The first kappa shape index (κ1) is 22.3. The summed E-state index contributed by atoms with van der Waals surface area (Å²) in [5, 5.41) is 3.99. The number of rotatable bonds is 6. The summed E-state index contributed by atoms with van der Waals surface area (Å²) in [7, 11) is 0. The third-order valence-electron chi connectivity index (χ3n) is 7.08. The minimum atomic E-state index is -0.474.